The van der Waals surface area contributed by atoms with Gasteiger partial charge in [0.15, 0.2) is 17.9 Å². The lowest BCUT2D eigenvalue weighted by Gasteiger charge is -2.25. The summed E-state index contributed by atoms with van der Waals surface area (Å²) in [5.41, 5.74) is -0.455. The van der Waals surface area contributed by atoms with E-state index in [1.165, 1.54) is 0 Å². The molecule has 0 bridgehead atoms. The van der Waals surface area contributed by atoms with Crippen LogP contribution in [-0.4, -0.2) is 29.6 Å². The molecule has 2 saturated heterocycles. The first-order chi connectivity index (χ1) is 6.98. The van der Waals surface area contributed by atoms with E-state index < -0.39 is 11.4 Å². The van der Waals surface area contributed by atoms with Gasteiger partial charge in [0.25, 0.3) is 0 Å². The van der Waals surface area contributed by atoms with E-state index in [0.29, 0.717) is 12.8 Å². The molecule has 2 fully saturated rings. The minimum absolute atomic E-state index is 0.0458. The second-order valence-electron chi connectivity index (χ2n) is 4.91. The van der Waals surface area contributed by atoms with Gasteiger partial charge in [-0.1, -0.05) is 0 Å². The maximum absolute atomic E-state index is 11.2. The van der Waals surface area contributed by atoms with Crippen LogP contribution in [0.2, 0.25) is 0 Å². The first-order valence-corrected chi connectivity index (χ1v) is 5.24. The molecule has 0 N–H and O–H groups in total. The molecule has 0 radical (unpaired) electrons. The van der Waals surface area contributed by atoms with E-state index in [1.807, 2.05) is 19.9 Å². The minimum Gasteiger partial charge on any atom is -0.342 e. The van der Waals surface area contributed by atoms with Gasteiger partial charge in [-0.3, -0.25) is 4.79 Å². The largest absolute Gasteiger partial charge is 0.342 e. The molecule has 0 amide bonds. The van der Waals surface area contributed by atoms with Crippen molar-refractivity contribution in [3.63, 3.8) is 0 Å². The van der Waals surface area contributed by atoms with Crippen LogP contribution in [0.1, 0.15) is 26.7 Å². The molecule has 3 aliphatic rings. The first kappa shape index (κ1) is 9.51. The van der Waals surface area contributed by atoms with Crippen LogP contribution in [0.15, 0.2) is 12.2 Å². The Bertz CT molecular complexity index is 328. The number of ether oxygens (including phenoxy) is 3. The van der Waals surface area contributed by atoms with E-state index in [9.17, 15) is 4.79 Å². The van der Waals surface area contributed by atoms with Crippen molar-refractivity contribution in [3.05, 3.63) is 12.2 Å². The Morgan fingerprint density at radius 1 is 1.33 bits per heavy atom. The second kappa shape index (κ2) is 2.70. The summed E-state index contributed by atoms with van der Waals surface area (Å²) in [6.45, 7) is 3.74. The van der Waals surface area contributed by atoms with Crippen molar-refractivity contribution >= 4 is 5.78 Å². The highest BCUT2D eigenvalue weighted by molar-refractivity contribution is 5.93. The molecule has 3 rings (SSSR count). The van der Waals surface area contributed by atoms with Crippen LogP contribution in [0.4, 0.5) is 0 Å². The van der Waals surface area contributed by atoms with Crippen molar-refractivity contribution in [1.29, 1.82) is 0 Å². The molecule has 1 aliphatic carbocycles. The van der Waals surface area contributed by atoms with E-state index in [-0.39, 0.29) is 18.2 Å². The minimum atomic E-state index is -0.566. The maximum Gasteiger partial charge on any atom is 0.188 e. The number of allylic oxidation sites excluding steroid dienone is 1. The Labute approximate surface area is 88.2 Å². The Kier molecular flexibility index (Phi) is 1.71. The number of hydrogen-bond acceptors (Lipinski definition) is 4. The van der Waals surface area contributed by atoms with Crippen molar-refractivity contribution in [2.45, 2.75) is 50.5 Å². The van der Waals surface area contributed by atoms with Crippen LogP contribution in [0.25, 0.3) is 0 Å². The fraction of sp³-hybridized carbons (Fsp3) is 0.727. The third kappa shape index (κ3) is 1.44. The predicted molar refractivity (Wildman–Crippen MR) is 51.0 cm³/mol. The summed E-state index contributed by atoms with van der Waals surface area (Å²) >= 11 is 0. The van der Waals surface area contributed by atoms with Gasteiger partial charge in [0.1, 0.15) is 6.10 Å². The van der Waals surface area contributed by atoms with Gasteiger partial charge in [-0.25, -0.2) is 0 Å². The van der Waals surface area contributed by atoms with Crippen LogP contribution < -0.4 is 0 Å². The number of fused-ring (bicyclic) bond motifs is 1. The lowest BCUT2D eigenvalue weighted by atomic mass is 9.98. The van der Waals surface area contributed by atoms with E-state index in [4.69, 9.17) is 14.2 Å². The third-order valence-corrected chi connectivity index (χ3v) is 3.08. The summed E-state index contributed by atoms with van der Waals surface area (Å²) in [5.74, 6) is -0.447. The van der Waals surface area contributed by atoms with Gasteiger partial charge in [-0.2, -0.15) is 0 Å². The lowest BCUT2D eigenvalue weighted by Crippen LogP contribution is -2.30. The average molecular weight is 210 g/mol. The number of rotatable bonds is 0. The smallest absolute Gasteiger partial charge is 0.188 e. The molecule has 4 heteroatoms. The Morgan fingerprint density at radius 2 is 2.13 bits per heavy atom. The number of carbonyl (C=O) groups is 1. The van der Waals surface area contributed by atoms with Gasteiger partial charge in [0.2, 0.25) is 0 Å². The van der Waals surface area contributed by atoms with Gasteiger partial charge in [-0.05, 0) is 26.0 Å². The van der Waals surface area contributed by atoms with Gasteiger partial charge in [0, 0.05) is 12.8 Å². The molecule has 3 atom stereocenters. The summed E-state index contributed by atoms with van der Waals surface area (Å²) < 4.78 is 17.1. The summed E-state index contributed by atoms with van der Waals surface area (Å²) in [6, 6.07) is 0. The molecule has 2 aliphatic heterocycles. The van der Waals surface area contributed by atoms with Crippen molar-refractivity contribution in [3.8, 4) is 0 Å². The SMILES string of the molecule is CC1(C)O[C@H]2OC3(C=CC(=O)C3)C[C@H]2O1. The quantitative estimate of drug-likeness (QED) is 0.601. The summed E-state index contributed by atoms with van der Waals surface area (Å²) in [4.78, 5) is 11.2. The normalized spacial score (nSPS) is 46.7. The van der Waals surface area contributed by atoms with Gasteiger partial charge >= 0.3 is 0 Å². The monoisotopic (exact) mass is 210 g/mol. The van der Waals surface area contributed by atoms with Crippen LogP contribution in [0.3, 0.4) is 0 Å². The van der Waals surface area contributed by atoms with Crippen molar-refractivity contribution in [2.75, 3.05) is 0 Å². The number of carbonyl (C=O) groups excluding carboxylic acids is 1. The molecule has 15 heavy (non-hydrogen) atoms. The zero-order chi connectivity index (χ0) is 10.7. The molecule has 0 aromatic carbocycles. The molecule has 0 aromatic heterocycles. The highest BCUT2D eigenvalue weighted by Crippen LogP contribution is 2.45. The van der Waals surface area contributed by atoms with Crippen molar-refractivity contribution < 1.29 is 19.0 Å². The Balaban J connectivity index is 1.78. The van der Waals surface area contributed by atoms with Crippen molar-refractivity contribution in [2.24, 2.45) is 0 Å². The number of ketones is 1. The van der Waals surface area contributed by atoms with Crippen molar-refractivity contribution in [1.82, 2.24) is 0 Å². The van der Waals surface area contributed by atoms with Crippen LogP contribution >= 0.6 is 0 Å². The summed E-state index contributed by atoms with van der Waals surface area (Å²) in [5, 5.41) is 0. The standard InChI is InChI=1S/C11H14O4/c1-10(2)13-8-6-11(15-9(8)14-10)4-3-7(12)5-11/h3-4,8-9H,5-6H2,1-2H3/t8-,9+,11?/m1/s1. The van der Waals surface area contributed by atoms with E-state index >= 15 is 0 Å². The molecular weight excluding hydrogens is 196 g/mol. The fourth-order valence-electron chi connectivity index (χ4n) is 2.54. The first-order valence-electron chi connectivity index (χ1n) is 5.24. The molecule has 82 valence electrons. The van der Waals surface area contributed by atoms with Crippen LogP contribution in [0.5, 0.6) is 0 Å². The van der Waals surface area contributed by atoms with Gasteiger partial charge in [-0.15, -0.1) is 0 Å². The fourth-order valence-corrected chi connectivity index (χ4v) is 2.54. The summed E-state index contributed by atoms with van der Waals surface area (Å²) in [6.07, 6.45) is 4.20. The van der Waals surface area contributed by atoms with Crippen LogP contribution in [0, 0.1) is 0 Å². The maximum atomic E-state index is 11.2. The predicted octanol–water partition coefficient (Wildman–Crippen LogP) is 1.15. The lowest BCUT2D eigenvalue weighted by molar-refractivity contribution is -0.216. The Hall–Kier alpha value is -0.710. The van der Waals surface area contributed by atoms with E-state index in [2.05, 4.69) is 0 Å². The molecule has 0 saturated carbocycles. The number of hydrogen-bond donors (Lipinski definition) is 0. The molecule has 4 nitrogen and oxygen atoms in total. The van der Waals surface area contributed by atoms with Crippen LogP contribution in [-0.2, 0) is 19.0 Å². The topological polar surface area (TPSA) is 44.8 Å². The van der Waals surface area contributed by atoms with E-state index in [1.54, 1.807) is 6.08 Å². The van der Waals surface area contributed by atoms with Gasteiger partial charge < -0.3 is 14.2 Å². The molecule has 1 spiro atoms. The third-order valence-electron chi connectivity index (χ3n) is 3.08. The Morgan fingerprint density at radius 3 is 2.73 bits per heavy atom. The molecular formula is C11H14O4. The highest BCUT2D eigenvalue weighted by Gasteiger charge is 2.55. The molecule has 2 heterocycles. The zero-order valence-corrected chi connectivity index (χ0v) is 8.86. The summed E-state index contributed by atoms with van der Waals surface area (Å²) in [7, 11) is 0. The molecule has 0 aromatic rings. The second-order valence-corrected chi connectivity index (χ2v) is 4.91. The zero-order valence-electron chi connectivity index (χ0n) is 8.86. The highest BCUT2D eigenvalue weighted by atomic mass is 16.8. The van der Waals surface area contributed by atoms with E-state index in [0.717, 1.165) is 0 Å². The van der Waals surface area contributed by atoms with Gasteiger partial charge in [0.05, 0.1) is 5.60 Å². The molecule has 1 unspecified atom stereocenters. The average Bonchev–Trinajstić information content (AvgIpc) is 2.64.